The van der Waals surface area contributed by atoms with Gasteiger partial charge in [0.1, 0.15) is 11.9 Å². The summed E-state index contributed by atoms with van der Waals surface area (Å²) in [6.45, 7) is 5.40. The predicted molar refractivity (Wildman–Crippen MR) is 100.0 cm³/mol. The van der Waals surface area contributed by atoms with Crippen LogP contribution in [0.3, 0.4) is 0 Å². The van der Waals surface area contributed by atoms with E-state index in [1.807, 2.05) is 13.8 Å². The first-order valence-electron chi connectivity index (χ1n) is 8.89. The molecule has 140 valence electrons. The molecule has 0 bridgehead atoms. The Balaban J connectivity index is 1.94. The molecule has 2 aromatic carbocycles. The van der Waals surface area contributed by atoms with E-state index in [1.165, 1.54) is 18.2 Å². The summed E-state index contributed by atoms with van der Waals surface area (Å²) in [6, 6.07) is 9.64. The van der Waals surface area contributed by atoms with Crippen molar-refractivity contribution in [1.29, 1.82) is 0 Å². The molecule has 1 N–H and O–H groups in total. The fraction of sp³-hybridized carbons (Fsp3) is 0.286. The molecule has 0 saturated heterocycles. The van der Waals surface area contributed by atoms with E-state index in [-0.39, 0.29) is 5.92 Å². The lowest BCUT2D eigenvalue weighted by Crippen LogP contribution is -2.50. The van der Waals surface area contributed by atoms with Gasteiger partial charge in [-0.2, -0.15) is 0 Å². The molecule has 0 spiro atoms. The number of halogens is 1. The second-order valence-electron chi connectivity index (χ2n) is 6.80. The number of hydrogen-bond donors (Lipinski definition) is 1. The predicted octanol–water partition coefficient (Wildman–Crippen LogP) is 3.78. The fourth-order valence-electron chi connectivity index (χ4n) is 3.29. The monoisotopic (exact) mass is 368 g/mol. The maximum atomic E-state index is 13.3. The van der Waals surface area contributed by atoms with E-state index in [0.29, 0.717) is 28.8 Å². The van der Waals surface area contributed by atoms with Gasteiger partial charge in [-0.15, -0.1) is 0 Å². The molecule has 6 heteroatoms. The number of anilines is 1. The topological polar surface area (TPSA) is 66.5 Å². The number of carbonyl (C=O) groups excluding carboxylic acids is 3. The molecular formula is C21H21FN2O3. The molecule has 3 amide bonds. The van der Waals surface area contributed by atoms with Crippen LogP contribution in [0.4, 0.5) is 10.1 Å². The molecule has 0 unspecified atom stereocenters. The minimum atomic E-state index is -0.952. The van der Waals surface area contributed by atoms with E-state index in [9.17, 15) is 18.8 Å². The molecule has 0 aliphatic carbocycles. The molecular weight excluding hydrogens is 347 g/mol. The standard InChI is InChI=1S/C21H21FN2O3/c1-4-12(2)18(19(25)23-17-10-9-14(22)11-13(17)3)24-20(26)15-7-5-6-8-16(15)21(24)27/h5-12,18H,4H2,1-3H3,(H,23,25)/t12-,18-/m0/s1. The number of nitrogens with zero attached hydrogens (tertiary/aromatic N) is 1. The first kappa shape index (κ1) is 18.8. The number of fused-ring (bicyclic) bond motifs is 1. The summed E-state index contributed by atoms with van der Waals surface area (Å²) in [5.41, 5.74) is 1.63. The third kappa shape index (κ3) is 3.35. The molecule has 27 heavy (non-hydrogen) atoms. The highest BCUT2D eigenvalue weighted by Crippen LogP contribution is 2.29. The number of benzene rings is 2. The largest absolute Gasteiger partial charge is 0.324 e. The smallest absolute Gasteiger partial charge is 0.262 e. The highest BCUT2D eigenvalue weighted by molar-refractivity contribution is 6.23. The highest BCUT2D eigenvalue weighted by Gasteiger charge is 2.44. The molecule has 3 rings (SSSR count). The number of nitrogens with one attached hydrogen (secondary N) is 1. The van der Waals surface area contributed by atoms with E-state index in [1.54, 1.807) is 31.2 Å². The Hall–Kier alpha value is -3.02. The zero-order valence-corrected chi connectivity index (χ0v) is 15.5. The molecule has 0 fully saturated rings. The minimum absolute atomic E-state index is 0.243. The number of carbonyl (C=O) groups is 3. The fourth-order valence-corrected chi connectivity index (χ4v) is 3.29. The van der Waals surface area contributed by atoms with E-state index >= 15 is 0 Å². The molecule has 1 aliphatic rings. The SMILES string of the molecule is CC[C@H](C)[C@@H](C(=O)Nc1ccc(F)cc1C)N1C(=O)c2ccccc2C1=O. The van der Waals surface area contributed by atoms with Gasteiger partial charge < -0.3 is 5.32 Å². The zero-order chi connectivity index (χ0) is 19.7. The van der Waals surface area contributed by atoms with Gasteiger partial charge in [0.25, 0.3) is 11.8 Å². The molecule has 2 aromatic rings. The number of amides is 3. The van der Waals surface area contributed by atoms with Crippen LogP contribution in [0.5, 0.6) is 0 Å². The van der Waals surface area contributed by atoms with Crippen molar-refractivity contribution in [2.75, 3.05) is 5.32 Å². The summed E-state index contributed by atoms with van der Waals surface area (Å²) in [5.74, 6) is -2.04. The van der Waals surface area contributed by atoms with E-state index in [0.717, 1.165) is 4.90 Å². The summed E-state index contributed by atoms with van der Waals surface area (Å²) in [6.07, 6.45) is 0.605. The highest BCUT2D eigenvalue weighted by atomic mass is 19.1. The Morgan fingerprint density at radius 2 is 1.70 bits per heavy atom. The molecule has 0 saturated carbocycles. The zero-order valence-electron chi connectivity index (χ0n) is 15.5. The third-order valence-electron chi connectivity index (χ3n) is 5.00. The van der Waals surface area contributed by atoms with Gasteiger partial charge in [-0.3, -0.25) is 19.3 Å². The van der Waals surface area contributed by atoms with Crippen molar-refractivity contribution >= 4 is 23.4 Å². The maximum Gasteiger partial charge on any atom is 0.262 e. The molecule has 1 aliphatic heterocycles. The van der Waals surface area contributed by atoms with Gasteiger partial charge >= 0.3 is 0 Å². The number of aryl methyl sites for hydroxylation is 1. The summed E-state index contributed by atoms with van der Waals surface area (Å²) in [4.78, 5) is 39.7. The minimum Gasteiger partial charge on any atom is -0.324 e. The lowest BCUT2D eigenvalue weighted by molar-refractivity contribution is -0.121. The van der Waals surface area contributed by atoms with Crippen LogP contribution in [-0.4, -0.2) is 28.7 Å². The van der Waals surface area contributed by atoms with Crippen LogP contribution in [0, 0.1) is 18.7 Å². The van der Waals surface area contributed by atoms with Gasteiger partial charge in [-0.25, -0.2) is 4.39 Å². The van der Waals surface area contributed by atoms with Crippen molar-refractivity contribution in [3.05, 3.63) is 65.0 Å². The molecule has 1 heterocycles. The van der Waals surface area contributed by atoms with Gasteiger partial charge in [0.2, 0.25) is 5.91 Å². The normalized spacial score (nSPS) is 15.5. The van der Waals surface area contributed by atoms with Crippen LogP contribution in [0.25, 0.3) is 0 Å². The van der Waals surface area contributed by atoms with Crippen molar-refractivity contribution in [2.45, 2.75) is 33.2 Å². The van der Waals surface area contributed by atoms with Crippen LogP contribution in [0.2, 0.25) is 0 Å². The van der Waals surface area contributed by atoms with E-state index in [4.69, 9.17) is 0 Å². The average Bonchev–Trinajstić information content (AvgIpc) is 2.89. The van der Waals surface area contributed by atoms with Crippen molar-refractivity contribution in [3.8, 4) is 0 Å². The van der Waals surface area contributed by atoms with Crippen molar-refractivity contribution in [3.63, 3.8) is 0 Å². The second kappa shape index (κ2) is 7.31. The average molecular weight is 368 g/mol. The number of imide groups is 1. The maximum absolute atomic E-state index is 13.3. The Bertz CT molecular complexity index is 890. The van der Waals surface area contributed by atoms with Crippen LogP contribution in [0.15, 0.2) is 42.5 Å². The van der Waals surface area contributed by atoms with Crippen LogP contribution >= 0.6 is 0 Å². The van der Waals surface area contributed by atoms with E-state index in [2.05, 4.69) is 5.32 Å². The molecule has 0 radical (unpaired) electrons. The van der Waals surface area contributed by atoms with Crippen LogP contribution < -0.4 is 5.32 Å². The van der Waals surface area contributed by atoms with Crippen LogP contribution in [-0.2, 0) is 4.79 Å². The molecule has 5 nitrogen and oxygen atoms in total. The van der Waals surface area contributed by atoms with Crippen molar-refractivity contribution in [1.82, 2.24) is 4.90 Å². The van der Waals surface area contributed by atoms with E-state index < -0.39 is 29.6 Å². The van der Waals surface area contributed by atoms with Gasteiger partial charge in [-0.1, -0.05) is 32.4 Å². The quantitative estimate of drug-likeness (QED) is 0.817. The lowest BCUT2D eigenvalue weighted by atomic mass is 9.96. The van der Waals surface area contributed by atoms with Crippen molar-refractivity contribution in [2.24, 2.45) is 5.92 Å². The van der Waals surface area contributed by atoms with Crippen LogP contribution in [0.1, 0.15) is 46.5 Å². The molecule has 2 atom stereocenters. The third-order valence-corrected chi connectivity index (χ3v) is 5.00. The number of hydrogen-bond acceptors (Lipinski definition) is 3. The van der Waals surface area contributed by atoms with Gasteiger partial charge in [0, 0.05) is 5.69 Å². The van der Waals surface area contributed by atoms with Gasteiger partial charge in [0.15, 0.2) is 0 Å². The van der Waals surface area contributed by atoms with Gasteiger partial charge in [0.05, 0.1) is 11.1 Å². The first-order valence-corrected chi connectivity index (χ1v) is 8.89. The summed E-state index contributed by atoms with van der Waals surface area (Å²) >= 11 is 0. The summed E-state index contributed by atoms with van der Waals surface area (Å²) in [5, 5.41) is 2.75. The lowest BCUT2D eigenvalue weighted by Gasteiger charge is -2.30. The Morgan fingerprint density at radius 1 is 1.11 bits per heavy atom. The Kier molecular flexibility index (Phi) is 5.08. The Labute approximate surface area is 157 Å². The van der Waals surface area contributed by atoms with Gasteiger partial charge in [-0.05, 0) is 48.7 Å². The summed E-state index contributed by atoms with van der Waals surface area (Å²) < 4.78 is 13.3. The Morgan fingerprint density at radius 3 is 2.22 bits per heavy atom. The summed E-state index contributed by atoms with van der Waals surface area (Å²) in [7, 11) is 0. The number of rotatable bonds is 5. The van der Waals surface area contributed by atoms with Crippen molar-refractivity contribution < 1.29 is 18.8 Å². The second-order valence-corrected chi connectivity index (χ2v) is 6.80. The first-order chi connectivity index (χ1) is 12.8. The molecule has 0 aromatic heterocycles.